The largest absolute Gasteiger partial charge is 0.456 e. The number of oxazole rings is 1. The number of esters is 1. The Kier molecular flexibility index (Phi) is 4.53. The second-order valence-electron chi connectivity index (χ2n) is 5.65. The van der Waals surface area contributed by atoms with Gasteiger partial charge in [0.25, 0.3) is 0 Å². The highest BCUT2D eigenvalue weighted by atomic mass is 16.5. The zero-order valence-corrected chi connectivity index (χ0v) is 12.7. The number of aryl methyl sites for hydroxylation is 1. The van der Waals surface area contributed by atoms with Crippen molar-refractivity contribution in [1.82, 2.24) is 9.88 Å². The molecule has 0 radical (unpaired) electrons. The molecule has 1 fully saturated rings. The lowest BCUT2D eigenvalue weighted by atomic mass is 10.1. The summed E-state index contributed by atoms with van der Waals surface area (Å²) in [6, 6.07) is 10.3. The Morgan fingerprint density at radius 2 is 2.23 bits per heavy atom. The molecule has 0 bridgehead atoms. The molecule has 1 aliphatic heterocycles. The van der Waals surface area contributed by atoms with Crippen molar-refractivity contribution in [2.24, 2.45) is 0 Å². The number of benzene rings is 1. The van der Waals surface area contributed by atoms with E-state index in [1.54, 1.807) is 6.92 Å². The highest BCUT2D eigenvalue weighted by Gasteiger charge is 2.25. The molecule has 3 rings (SSSR count). The normalized spacial score (nSPS) is 19.0. The molecule has 5 nitrogen and oxygen atoms in total. The minimum Gasteiger partial charge on any atom is -0.456 e. The molecule has 0 aliphatic carbocycles. The lowest BCUT2D eigenvalue weighted by Gasteiger charge is -2.32. The van der Waals surface area contributed by atoms with Gasteiger partial charge in [-0.05, 0) is 31.9 Å². The lowest BCUT2D eigenvalue weighted by Crippen LogP contribution is -2.40. The summed E-state index contributed by atoms with van der Waals surface area (Å²) in [6.07, 6.45) is 3.12. The molecule has 1 unspecified atom stereocenters. The minimum atomic E-state index is -0.391. The molecule has 2 aromatic rings. The maximum atomic E-state index is 12.1. The van der Waals surface area contributed by atoms with Crippen LogP contribution in [0.5, 0.6) is 0 Å². The molecular weight excluding hydrogens is 280 g/mol. The van der Waals surface area contributed by atoms with E-state index in [4.69, 9.17) is 9.15 Å². The van der Waals surface area contributed by atoms with Gasteiger partial charge in [0.1, 0.15) is 11.9 Å². The van der Waals surface area contributed by atoms with Gasteiger partial charge in [-0.2, -0.15) is 0 Å². The van der Waals surface area contributed by atoms with E-state index in [0.717, 1.165) is 32.5 Å². The molecule has 22 heavy (non-hydrogen) atoms. The fourth-order valence-corrected chi connectivity index (χ4v) is 2.80. The SMILES string of the molecule is Cc1ocnc1C(=O)OC1CCCN(Cc2ccccc2)C1. The third-order valence-electron chi connectivity index (χ3n) is 3.92. The van der Waals surface area contributed by atoms with Crippen molar-refractivity contribution in [1.29, 1.82) is 0 Å². The Bertz CT molecular complexity index is 624. The molecule has 116 valence electrons. The predicted octanol–water partition coefficient (Wildman–Crippen LogP) is 2.80. The van der Waals surface area contributed by atoms with Gasteiger partial charge in [0, 0.05) is 13.1 Å². The molecule has 1 atom stereocenters. The molecule has 0 amide bonds. The zero-order valence-electron chi connectivity index (χ0n) is 12.7. The molecular formula is C17H20N2O3. The summed E-state index contributed by atoms with van der Waals surface area (Å²) < 4.78 is 10.6. The van der Waals surface area contributed by atoms with Crippen molar-refractivity contribution in [2.75, 3.05) is 13.1 Å². The first kappa shape index (κ1) is 14.8. The fourth-order valence-electron chi connectivity index (χ4n) is 2.80. The number of nitrogens with zero attached hydrogens (tertiary/aromatic N) is 2. The van der Waals surface area contributed by atoms with Crippen molar-refractivity contribution >= 4 is 5.97 Å². The predicted molar refractivity (Wildman–Crippen MR) is 81.4 cm³/mol. The highest BCUT2D eigenvalue weighted by molar-refractivity contribution is 5.88. The number of piperidine rings is 1. The second-order valence-corrected chi connectivity index (χ2v) is 5.65. The number of rotatable bonds is 4. The zero-order chi connectivity index (χ0) is 15.4. The van der Waals surface area contributed by atoms with Crippen LogP contribution in [0.2, 0.25) is 0 Å². The Morgan fingerprint density at radius 3 is 2.95 bits per heavy atom. The van der Waals surface area contributed by atoms with Gasteiger partial charge in [0.05, 0.1) is 0 Å². The van der Waals surface area contributed by atoms with Crippen LogP contribution >= 0.6 is 0 Å². The Balaban J connectivity index is 1.57. The van der Waals surface area contributed by atoms with Gasteiger partial charge in [-0.3, -0.25) is 4.90 Å². The summed E-state index contributed by atoms with van der Waals surface area (Å²) in [5, 5.41) is 0. The van der Waals surface area contributed by atoms with E-state index < -0.39 is 5.97 Å². The summed E-state index contributed by atoms with van der Waals surface area (Å²) in [5.41, 5.74) is 1.56. The van der Waals surface area contributed by atoms with E-state index in [2.05, 4.69) is 22.0 Å². The number of carbonyl (C=O) groups is 1. The molecule has 1 aromatic heterocycles. The average Bonchev–Trinajstić information content (AvgIpc) is 2.95. The maximum Gasteiger partial charge on any atom is 0.360 e. The molecule has 0 saturated carbocycles. The van der Waals surface area contributed by atoms with E-state index in [1.165, 1.54) is 12.0 Å². The summed E-state index contributed by atoms with van der Waals surface area (Å²) in [4.78, 5) is 18.3. The number of ether oxygens (including phenoxy) is 1. The third-order valence-corrected chi connectivity index (χ3v) is 3.92. The summed E-state index contributed by atoms with van der Waals surface area (Å²) in [5.74, 6) is 0.111. The molecule has 1 aromatic carbocycles. The molecule has 0 spiro atoms. The van der Waals surface area contributed by atoms with Gasteiger partial charge in [-0.25, -0.2) is 9.78 Å². The number of carbonyl (C=O) groups excluding carboxylic acids is 1. The van der Waals surface area contributed by atoms with E-state index in [-0.39, 0.29) is 11.8 Å². The molecule has 2 heterocycles. The van der Waals surface area contributed by atoms with Crippen LogP contribution in [-0.2, 0) is 11.3 Å². The quantitative estimate of drug-likeness (QED) is 0.813. The molecule has 1 aliphatic rings. The Hall–Kier alpha value is -2.14. The van der Waals surface area contributed by atoms with Crippen LogP contribution in [0, 0.1) is 6.92 Å². The van der Waals surface area contributed by atoms with Crippen LogP contribution in [0.15, 0.2) is 41.1 Å². The number of likely N-dealkylation sites (tertiary alicyclic amines) is 1. The van der Waals surface area contributed by atoms with Gasteiger partial charge in [-0.15, -0.1) is 0 Å². The van der Waals surface area contributed by atoms with Crippen molar-refractivity contribution in [3.05, 3.63) is 53.7 Å². The first-order chi connectivity index (χ1) is 10.7. The highest BCUT2D eigenvalue weighted by Crippen LogP contribution is 2.18. The Morgan fingerprint density at radius 1 is 1.41 bits per heavy atom. The number of hydrogen-bond donors (Lipinski definition) is 0. The lowest BCUT2D eigenvalue weighted by molar-refractivity contribution is 0.00494. The molecule has 5 heteroatoms. The third kappa shape index (κ3) is 3.54. The van der Waals surface area contributed by atoms with Crippen LogP contribution in [0.25, 0.3) is 0 Å². The van der Waals surface area contributed by atoms with Crippen molar-refractivity contribution in [3.63, 3.8) is 0 Å². The first-order valence-electron chi connectivity index (χ1n) is 7.59. The van der Waals surface area contributed by atoms with Crippen LogP contribution in [0.3, 0.4) is 0 Å². The van der Waals surface area contributed by atoms with E-state index in [9.17, 15) is 4.79 Å². The summed E-state index contributed by atoms with van der Waals surface area (Å²) >= 11 is 0. The van der Waals surface area contributed by atoms with Crippen molar-refractivity contribution in [2.45, 2.75) is 32.4 Å². The van der Waals surface area contributed by atoms with E-state index >= 15 is 0 Å². The van der Waals surface area contributed by atoms with Gasteiger partial charge in [-0.1, -0.05) is 30.3 Å². The van der Waals surface area contributed by atoms with E-state index in [1.807, 2.05) is 18.2 Å². The first-order valence-corrected chi connectivity index (χ1v) is 7.59. The standard InChI is InChI=1S/C17H20N2O3/c1-13-16(18-12-21-13)17(20)22-15-8-5-9-19(11-15)10-14-6-3-2-4-7-14/h2-4,6-7,12,15H,5,8-11H2,1H3. The second kappa shape index (κ2) is 6.75. The minimum absolute atomic E-state index is 0.0823. The summed E-state index contributed by atoms with van der Waals surface area (Å²) in [7, 11) is 0. The monoisotopic (exact) mass is 300 g/mol. The van der Waals surface area contributed by atoms with Crippen molar-refractivity contribution < 1.29 is 13.9 Å². The van der Waals surface area contributed by atoms with E-state index in [0.29, 0.717) is 5.76 Å². The van der Waals surface area contributed by atoms with Gasteiger partial charge >= 0.3 is 5.97 Å². The fraction of sp³-hybridized carbons (Fsp3) is 0.412. The smallest absolute Gasteiger partial charge is 0.360 e. The Labute approximate surface area is 129 Å². The number of hydrogen-bond acceptors (Lipinski definition) is 5. The molecule has 0 N–H and O–H groups in total. The maximum absolute atomic E-state index is 12.1. The van der Waals surface area contributed by atoms with Gasteiger partial charge in [0.2, 0.25) is 0 Å². The van der Waals surface area contributed by atoms with Crippen molar-refractivity contribution in [3.8, 4) is 0 Å². The van der Waals surface area contributed by atoms with Gasteiger partial charge < -0.3 is 9.15 Å². The summed E-state index contributed by atoms with van der Waals surface area (Å²) in [6.45, 7) is 4.40. The molecule has 1 saturated heterocycles. The van der Waals surface area contributed by atoms with Crippen LogP contribution in [-0.4, -0.2) is 35.0 Å². The topological polar surface area (TPSA) is 55.6 Å². The van der Waals surface area contributed by atoms with Crippen LogP contribution < -0.4 is 0 Å². The average molecular weight is 300 g/mol. The van der Waals surface area contributed by atoms with Crippen LogP contribution in [0.1, 0.15) is 34.7 Å². The van der Waals surface area contributed by atoms with Gasteiger partial charge in [0.15, 0.2) is 12.1 Å². The number of aromatic nitrogens is 1. The van der Waals surface area contributed by atoms with Crippen LogP contribution in [0.4, 0.5) is 0 Å².